The maximum absolute atomic E-state index is 10.1. The molecule has 1 atom stereocenters. The highest BCUT2D eigenvalue weighted by molar-refractivity contribution is 5.72. The number of carbonyl (C=O) groups is 3. The lowest BCUT2D eigenvalue weighted by atomic mass is 10.1. The smallest absolute Gasteiger partial charge is 0.320 e. The van der Waals surface area contributed by atoms with Gasteiger partial charge in [0.1, 0.15) is 6.04 Å². The van der Waals surface area contributed by atoms with Crippen molar-refractivity contribution in [2.75, 3.05) is 6.54 Å². The summed E-state index contributed by atoms with van der Waals surface area (Å²) < 4.78 is 0. The van der Waals surface area contributed by atoms with E-state index in [0.717, 1.165) is 12.8 Å². The van der Waals surface area contributed by atoms with E-state index in [-0.39, 0.29) is 12.8 Å². The second kappa shape index (κ2) is 13.8. The van der Waals surface area contributed by atoms with Gasteiger partial charge in [-0.2, -0.15) is 0 Å². The second-order valence-electron chi connectivity index (χ2n) is 4.22. The zero-order chi connectivity index (χ0) is 16.0. The molecule has 20 heavy (non-hydrogen) atoms. The fourth-order valence-electron chi connectivity index (χ4n) is 1.18. The van der Waals surface area contributed by atoms with Crippen molar-refractivity contribution in [1.82, 2.24) is 0 Å². The monoisotopic (exact) mass is 292 g/mol. The predicted octanol–water partition coefficient (Wildman–Crippen LogP) is 0.243. The minimum atomic E-state index is -0.933. The van der Waals surface area contributed by atoms with Crippen molar-refractivity contribution < 1.29 is 29.7 Å². The molecular weight excluding hydrogens is 268 g/mol. The third-order valence-electron chi connectivity index (χ3n) is 2.32. The largest absolute Gasteiger partial charge is 0.481 e. The Labute approximate surface area is 117 Å². The van der Waals surface area contributed by atoms with Crippen molar-refractivity contribution >= 4 is 17.9 Å². The van der Waals surface area contributed by atoms with Crippen LogP contribution in [0.1, 0.15) is 44.9 Å². The molecule has 0 saturated heterocycles. The van der Waals surface area contributed by atoms with Gasteiger partial charge in [0.15, 0.2) is 0 Å². The molecule has 118 valence electrons. The van der Waals surface area contributed by atoms with Crippen LogP contribution in [0.5, 0.6) is 0 Å². The van der Waals surface area contributed by atoms with Gasteiger partial charge in [0.2, 0.25) is 0 Å². The number of nitrogens with two attached hydrogens (primary N) is 2. The summed E-state index contributed by atoms with van der Waals surface area (Å²) in [7, 11) is 0. The summed E-state index contributed by atoms with van der Waals surface area (Å²) in [4.78, 5) is 29.9. The molecule has 0 heterocycles. The first-order valence-electron chi connectivity index (χ1n) is 6.43. The Kier molecular flexibility index (Phi) is 14.2. The van der Waals surface area contributed by atoms with Gasteiger partial charge in [0, 0.05) is 12.8 Å². The van der Waals surface area contributed by atoms with Crippen LogP contribution < -0.4 is 11.5 Å². The first-order chi connectivity index (χ1) is 9.31. The van der Waals surface area contributed by atoms with Crippen molar-refractivity contribution in [3.05, 3.63) is 0 Å². The summed E-state index contributed by atoms with van der Waals surface area (Å²) in [5.41, 5.74) is 10.4. The highest BCUT2D eigenvalue weighted by atomic mass is 16.4. The predicted molar refractivity (Wildman–Crippen MR) is 72.3 cm³/mol. The zero-order valence-electron chi connectivity index (χ0n) is 11.5. The molecule has 0 aliphatic rings. The van der Waals surface area contributed by atoms with Crippen molar-refractivity contribution in [1.29, 1.82) is 0 Å². The Bertz CT molecular complexity index is 280. The lowest BCUT2D eigenvalue weighted by Gasteiger charge is -2.03. The normalized spacial score (nSPS) is 11.1. The number of hydrogen-bond donors (Lipinski definition) is 5. The molecule has 7 N–H and O–H groups in total. The van der Waals surface area contributed by atoms with Gasteiger partial charge in [-0.3, -0.25) is 14.4 Å². The summed E-state index contributed by atoms with van der Waals surface area (Å²) in [6, 6.07) is -0.716. The molecule has 8 nitrogen and oxygen atoms in total. The van der Waals surface area contributed by atoms with Gasteiger partial charge in [0.25, 0.3) is 0 Å². The van der Waals surface area contributed by atoms with Crippen molar-refractivity contribution in [2.45, 2.75) is 51.0 Å². The molecule has 0 rings (SSSR count). The minimum Gasteiger partial charge on any atom is -0.481 e. The van der Waals surface area contributed by atoms with Crippen LogP contribution in [0.3, 0.4) is 0 Å². The van der Waals surface area contributed by atoms with Crippen LogP contribution >= 0.6 is 0 Å². The number of carboxylic acids is 3. The average molecular weight is 292 g/mol. The van der Waals surface area contributed by atoms with E-state index in [0.29, 0.717) is 25.8 Å². The lowest BCUT2D eigenvalue weighted by molar-refractivity contribution is -0.139. The van der Waals surface area contributed by atoms with Gasteiger partial charge >= 0.3 is 17.9 Å². The first kappa shape index (κ1) is 20.6. The molecule has 0 saturated carbocycles. The molecule has 0 aromatic heterocycles. The highest BCUT2D eigenvalue weighted by Gasteiger charge is 2.09. The van der Waals surface area contributed by atoms with Gasteiger partial charge in [-0.1, -0.05) is 6.42 Å². The van der Waals surface area contributed by atoms with Crippen LogP contribution in [0.2, 0.25) is 0 Å². The topological polar surface area (TPSA) is 164 Å². The molecule has 0 bridgehead atoms. The summed E-state index contributed by atoms with van der Waals surface area (Å²) in [6.45, 7) is 0.604. The summed E-state index contributed by atoms with van der Waals surface area (Å²) in [5, 5.41) is 24.6. The summed E-state index contributed by atoms with van der Waals surface area (Å²) >= 11 is 0. The zero-order valence-corrected chi connectivity index (χ0v) is 11.5. The van der Waals surface area contributed by atoms with E-state index in [1.54, 1.807) is 0 Å². The fraction of sp³-hybridized carbons (Fsp3) is 0.750. The van der Waals surface area contributed by atoms with Crippen LogP contribution in [0.25, 0.3) is 0 Å². The Hall–Kier alpha value is -1.67. The molecule has 0 aromatic rings. The molecule has 0 amide bonds. The quantitative estimate of drug-likeness (QED) is 0.357. The van der Waals surface area contributed by atoms with E-state index < -0.39 is 23.9 Å². The first-order valence-corrected chi connectivity index (χ1v) is 6.43. The van der Waals surface area contributed by atoms with Crippen LogP contribution in [0.4, 0.5) is 0 Å². The number of aliphatic carboxylic acids is 3. The van der Waals surface area contributed by atoms with Crippen LogP contribution in [0, 0.1) is 0 Å². The van der Waals surface area contributed by atoms with Gasteiger partial charge in [0.05, 0.1) is 0 Å². The molecular formula is C12H24N2O6. The van der Waals surface area contributed by atoms with Gasteiger partial charge < -0.3 is 26.8 Å². The van der Waals surface area contributed by atoms with Gasteiger partial charge in [-0.05, 0) is 32.2 Å². The van der Waals surface area contributed by atoms with Crippen LogP contribution in [-0.2, 0) is 14.4 Å². The number of rotatable bonds is 10. The molecule has 0 aliphatic heterocycles. The van der Waals surface area contributed by atoms with E-state index in [4.69, 9.17) is 26.8 Å². The maximum atomic E-state index is 10.1. The lowest BCUT2D eigenvalue weighted by Crippen LogP contribution is -2.29. The molecule has 0 unspecified atom stereocenters. The second-order valence-corrected chi connectivity index (χ2v) is 4.22. The van der Waals surface area contributed by atoms with E-state index in [1.807, 2.05) is 0 Å². The molecule has 0 aliphatic carbocycles. The van der Waals surface area contributed by atoms with Crippen molar-refractivity contribution in [3.63, 3.8) is 0 Å². The fourth-order valence-corrected chi connectivity index (χ4v) is 1.18. The summed E-state index contributed by atoms with van der Waals surface area (Å²) in [5.74, 6) is -2.67. The number of hydrogen-bond acceptors (Lipinski definition) is 5. The Morgan fingerprint density at radius 3 is 1.60 bits per heavy atom. The third-order valence-corrected chi connectivity index (χ3v) is 2.32. The number of carboxylic acid groups (broad SMARTS) is 3. The Morgan fingerprint density at radius 2 is 1.30 bits per heavy atom. The minimum absolute atomic E-state index is 0.0628. The Balaban J connectivity index is 0. The SMILES string of the molecule is NCCCC[C@H](N)C(=O)O.O=C(O)CCCCC(=O)O. The van der Waals surface area contributed by atoms with Crippen LogP contribution in [-0.4, -0.2) is 45.8 Å². The average Bonchev–Trinajstić information content (AvgIpc) is 2.35. The maximum Gasteiger partial charge on any atom is 0.320 e. The van der Waals surface area contributed by atoms with Gasteiger partial charge in [-0.15, -0.1) is 0 Å². The molecule has 0 spiro atoms. The van der Waals surface area contributed by atoms with Gasteiger partial charge in [-0.25, -0.2) is 0 Å². The van der Waals surface area contributed by atoms with Crippen molar-refractivity contribution in [3.8, 4) is 0 Å². The highest BCUT2D eigenvalue weighted by Crippen LogP contribution is 1.98. The number of unbranched alkanes of at least 4 members (excludes halogenated alkanes) is 2. The summed E-state index contributed by atoms with van der Waals surface area (Å²) in [6.07, 6.45) is 3.18. The Morgan fingerprint density at radius 1 is 0.850 bits per heavy atom. The van der Waals surface area contributed by atoms with Crippen LogP contribution in [0.15, 0.2) is 0 Å². The molecule has 0 fully saturated rings. The molecule has 0 aromatic carbocycles. The standard InChI is InChI=1S/C6H14N2O2.C6H10O4/c7-4-2-1-3-5(8)6(9)10;7-5(8)3-1-2-4-6(9)10/h5H,1-4,7-8H2,(H,9,10);1-4H2,(H,7,8)(H,9,10)/t5-;/m0./s1. The van der Waals surface area contributed by atoms with E-state index in [9.17, 15) is 14.4 Å². The molecule has 8 heteroatoms. The van der Waals surface area contributed by atoms with E-state index >= 15 is 0 Å². The van der Waals surface area contributed by atoms with E-state index in [1.165, 1.54) is 0 Å². The van der Waals surface area contributed by atoms with E-state index in [2.05, 4.69) is 0 Å². The third kappa shape index (κ3) is 18.7. The molecule has 0 radical (unpaired) electrons. The van der Waals surface area contributed by atoms with Crippen molar-refractivity contribution in [2.24, 2.45) is 11.5 Å².